The van der Waals surface area contributed by atoms with E-state index in [-0.39, 0.29) is 0 Å². The molecule has 4 heteroatoms. The van der Waals surface area contributed by atoms with Gasteiger partial charge in [-0.1, -0.05) is 23.7 Å². The molecule has 0 unspecified atom stereocenters. The highest BCUT2D eigenvalue weighted by molar-refractivity contribution is 6.30. The van der Waals surface area contributed by atoms with Crippen molar-refractivity contribution < 1.29 is 9.47 Å². The van der Waals surface area contributed by atoms with Gasteiger partial charge >= 0.3 is 0 Å². The van der Waals surface area contributed by atoms with Gasteiger partial charge in [0.15, 0.2) is 0 Å². The topological polar surface area (TPSA) is 42.3 Å². The van der Waals surface area contributed by atoms with Crippen LogP contribution in [0.1, 0.15) is 11.1 Å². The number of benzene rings is 2. The molecule has 0 saturated heterocycles. The molecule has 0 spiro atoms. The summed E-state index contributed by atoms with van der Waals surface area (Å²) in [6, 6.07) is 13.1. The summed E-state index contributed by atoms with van der Waals surface area (Å²) in [5.41, 5.74) is 2.36. The van der Waals surface area contributed by atoms with Gasteiger partial charge in [0.25, 0.3) is 0 Å². The third-order valence-corrected chi connectivity index (χ3v) is 3.22. The minimum Gasteiger partial charge on any atom is -0.489 e. The second-order valence-electron chi connectivity index (χ2n) is 4.34. The molecule has 0 bridgehead atoms. The first kappa shape index (κ1) is 12.1. The SMILES string of the molecule is N=C1COc2ccc(OCc3ccc(Cl)cc3)cc21. The van der Waals surface area contributed by atoms with Crippen LogP contribution in [0, 0.1) is 5.41 Å². The molecule has 1 heterocycles. The Labute approximate surface area is 116 Å². The fraction of sp³-hybridized carbons (Fsp3) is 0.133. The minimum atomic E-state index is 0.343. The third-order valence-electron chi connectivity index (χ3n) is 2.97. The first-order valence-corrected chi connectivity index (χ1v) is 6.32. The van der Waals surface area contributed by atoms with Crippen molar-refractivity contribution in [2.75, 3.05) is 6.61 Å². The molecule has 1 N–H and O–H groups in total. The Balaban J connectivity index is 1.72. The summed E-state index contributed by atoms with van der Waals surface area (Å²) in [5.74, 6) is 1.49. The van der Waals surface area contributed by atoms with Crippen LogP contribution in [0.25, 0.3) is 0 Å². The zero-order chi connectivity index (χ0) is 13.2. The number of fused-ring (bicyclic) bond motifs is 1. The highest BCUT2D eigenvalue weighted by Crippen LogP contribution is 2.29. The molecule has 2 aromatic carbocycles. The number of nitrogens with one attached hydrogen (secondary N) is 1. The van der Waals surface area contributed by atoms with Crippen molar-refractivity contribution in [1.82, 2.24) is 0 Å². The lowest BCUT2D eigenvalue weighted by molar-refractivity contribution is 0.305. The summed E-state index contributed by atoms with van der Waals surface area (Å²) in [6.07, 6.45) is 0. The number of hydrogen-bond donors (Lipinski definition) is 1. The predicted molar refractivity (Wildman–Crippen MR) is 74.5 cm³/mol. The fourth-order valence-electron chi connectivity index (χ4n) is 1.94. The van der Waals surface area contributed by atoms with Crippen LogP contribution in [0.3, 0.4) is 0 Å². The van der Waals surface area contributed by atoms with Crippen molar-refractivity contribution >= 4 is 17.3 Å². The Morgan fingerprint density at radius 1 is 1.16 bits per heavy atom. The Kier molecular flexibility index (Phi) is 3.13. The molecule has 0 saturated carbocycles. The monoisotopic (exact) mass is 273 g/mol. The number of halogens is 1. The fourth-order valence-corrected chi connectivity index (χ4v) is 2.06. The normalized spacial score (nSPS) is 13.0. The van der Waals surface area contributed by atoms with E-state index in [1.807, 2.05) is 42.5 Å². The van der Waals surface area contributed by atoms with Crippen molar-refractivity contribution in [3.63, 3.8) is 0 Å². The molecule has 3 nitrogen and oxygen atoms in total. The Hall–Kier alpha value is -2.00. The smallest absolute Gasteiger partial charge is 0.130 e. The zero-order valence-electron chi connectivity index (χ0n) is 10.2. The molecule has 2 aromatic rings. The van der Waals surface area contributed by atoms with Gasteiger partial charge in [-0.3, -0.25) is 0 Å². The van der Waals surface area contributed by atoms with Crippen LogP contribution in [0.4, 0.5) is 0 Å². The van der Waals surface area contributed by atoms with Crippen molar-refractivity contribution in [3.05, 3.63) is 58.6 Å². The van der Waals surface area contributed by atoms with Gasteiger partial charge in [-0.25, -0.2) is 0 Å². The van der Waals surface area contributed by atoms with Gasteiger partial charge in [0, 0.05) is 10.6 Å². The van der Waals surface area contributed by atoms with E-state index in [0.717, 1.165) is 22.6 Å². The zero-order valence-corrected chi connectivity index (χ0v) is 10.9. The van der Waals surface area contributed by atoms with E-state index in [2.05, 4.69) is 0 Å². The Morgan fingerprint density at radius 2 is 1.95 bits per heavy atom. The van der Waals surface area contributed by atoms with Gasteiger partial charge in [-0.2, -0.15) is 0 Å². The molecule has 0 fully saturated rings. The molecule has 3 rings (SSSR count). The predicted octanol–water partition coefficient (Wildman–Crippen LogP) is 3.68. The summed E-state index contributed by atoms with van der Waals surface area (Å²) in [6.45, 7) is 0.820. The first-order chi connectivity index (χ1) is 9.22. The van der Waals surface area contributed by atoms with Crippen LogP contribution in [-0.2, 0) is 6.61 Å². The van der Waals surface area contributed by atoms with Crippen molar-refractivity contribution in [2.45, 2.75) is 6.61 Å². The molecular weight excluding hydrogens is 262 g/mol. The van der Waals surface area contributed by atoms with E-state index < -0.39 is 0 Å². The van der Waals surface area contributed by atoms with Crippen molar-refractivity contribution in [2.24, 2.45) is 0 Å². The maximum absolute atomic E-state index is 7.75. The number of ether oxygens (including phenoxy) is 2. The molecule has 0 aromatic heterocycles. The standard InChI is InChI=1S/C15H12ClNO2/c16-11-3-1-10(2-4-11)8-18-12-5-6-15-13(7-12)14(17)9-19-15/h1-7,17H,8-9H2. The van der Waals surface area contributed by atoms with E-state index in [0.29, 0.717) is 23.9 Å². The molecule has 0 atom stereocenters. The van der Waals surface area contributed by atoms with E-state index >= 15 is 0 Å². The first-order valence-electron chi connectivity index (χ1n) is 5.94. The van der Waals surface area contributed by atoms with Crippen molar-refractivity contribution in [1.29, 1.82) is 5.41 Å². The van der Waals surface area contributed by atoms with E-state index in [9.17, 15) is 0 Å². The molecule has 19 heavy (non-hydrogen) atoms. The van der Waals surface area contributed by atoms with Crippen molar-refractivity contribution in [3.8, 4) is 11.5 Å². The second-order valence-corrected chi connectivity index (χ2v) is 4.78. The molecule has 96 valence electrons. The van der Waals surface area contributed by atoms with E-state index in [1.165, 1.54) is 0 Å². The largest absolute Gasteiger partial charge is 0.489 e. The lowest BCUT2D eigenvalue weighted by atomic mass is 10.1. The summed E-state index contributed by atoms with van der Waals surface area (Å²) < 4.78 is 11.1. The second kappa shape index (κ2) is 4.94. The highest BCUT2D eigenvalue weighted by Gasteiger charge is 2.18. The van der Waals surface area contributed by atoms with Gasteiger partial charge in [-0.15, -0.1) is 0 Å². The Bertz CT molecular complexity index is 623. The molecule has 0 aliphatic carbocycles. The summed E-state index contributed by atoms with van der Waals surface area (Å²) in [7, 11) is 0. The average Bonchev–Trinajstić information content (AvgIpc) is 2.80. The van der Waals surface area contributed by atoms with Crippen LogP contribution in [0.15, 0.2) is 42.5 Å². The molecule has 1 aliphatic rings. The van der Waals surface area contributed by atoms with Crippen LogP contribution in [0.2, 0.25) is 5.02 Å². The van der Waals surface area contributed by atoms with E-state index in [1.54, 1.807) is 0 Å². The number of rotatable bonds is 3. The number of hydrogen-bond acceptors (Lipinski definition) is 3. The maximum Gasteiger partial charge on any atom is 0.130 e. The lowest BCUT2D eigenvalue weighted by Gasteiger charge is -2.07. The summed E-state index contributed by atoms with van der Waals surface area (Å²) in [5, 5.41) is 8.47. The lowest BCUT2D eigenvalue weighted by Crippen LogP contribution is -1.99. The van der Waals surface area contributed by atoms with Gasteiger partial charge in [0.2, 0.25) is 0 Å². The van der Waals surface area contributed by atoms with Gasteiger partial charge in [0.05, 0.1) is 5.71 Å². The average molecular weight is 274 g/mol. The molecule has 1 aliphatic heterocycles. The van der Waals surface area contributed by atoms with Crippen LogP contribution in [-0.4, -0.2) is 12.3 Å². The van der Waals surface area contributed by atoms with Crippen LogP contribution >= 0.6 is 11.6 Å². The highest BCUT2D eigenvalue weighted by atomic mass is 35.5. The summed E-state index contributed by atoms with van der Waals surface area (Å²) >= 11 is 5.83. The van der Waals surface area contributed by atoms with Crippen LogP contribution in [0.5, 0.6) is 11.5 Å². The molecule has 0 radical (unpaired) electrons. The minimum absolute atomic E-state index is 0.343. The molecule has 0 amide bonds. The Morgan fingerprint density at radius 3 is 2.74 bits per heavy atom. The van der Waals surface area contributed by atoms with Gasteiger partial charge in [0.1, 0.15) is 24.7 Å². The van der Waals surface area contributed by atoms with Crippen LogP contribution < -0.4 is 9.47 Å². The third kappa shape index (κ3) is 2.56. The quantitative estimate of drug-likeness (QED) is 0.927. The van der Waals surface area contributed by atoms with Gasteiger partial charge < -0.3 is 14.9 Å². The molecular formula is C15H12ClNO2. The van der Waals surface area contributed by atoms with Gasteiger partial charge in [-0.05, 0) is 35.9 Å². The van der Waals surface area contributed by atoms with E-state index in [4.69, 9.17) is 26.5 Å². The summed E-state index contributed by atoms with van der Waals surface area (Å²) in [4.78, 5) is 0. The maximum atomic E-state index is 7.75.